The van der Waals surface area contributed by atoms with Crippen LogP contribution in [-0.2, 0) is 11.3 Å². The third-order valence-electron chi connectivity index (χ3n) is 3.57. The van der Waals surface area contributed by atoms with E-state index in [1.54, 1.807) is 7.11 Å². The Morgan fingerprint density at radius 2 is 1.88 bits per heavy atom. The van der Waals surface area contributed by atoms with Crippen molar-refractivity contribution in [3.63, 3.8) is 0 Å². The Kier molecular flexibility index (Phi) is 13.1. The average molecular weight is 462 g/mol. The lowest BCUT2D eigenvalue weighted by atomic mass is 10.1. The first kappa shape index (κ1) is 23.6. The highest BCUT2D eigenvalue weighted by molar-refractivity contribution is 14.0. The average Bonchev–Trinajstić information content (AvgIpc) is 2.60. The molecular formula is C18H31IN4O2. The highest BCUT2D eigenvalue weighted by Gasteiger charge is 2.08. The van der Waals surface area contributed by atoms with Crippen molar-refractivity contribution in [1.29, 1.82) is 0 Å². The van der Waals surface area contributed by atoms with E-state index in [1.165, 1.54) is 0 Å². The molecule has 0 aliphatic heterocycles. The summed E-state index contributed by atoms with van der Waals surface area (Å²) in [5.74, 6) is 0.724. The molecule has 142 valence electrons. The van der Waals surface area contributed by atoms with Crippen molar-refractivity contribution in [3.05, 3.63) is 35.4 Å². The number of benzene rings is 1. The zero-order valence-electron chi connectivity index (χ0n) is 15.6. The third kappa shape index (κ3) is 9.64. The number of aliphatic imine (C=N–C) groups is 1. The number of carbonyl (C=O) groups is 1. The summed E-state index contributed by atoms with van der Waals surface area (Å²) in [5.41, 5.74) is 1.73. The fraction of sp³-hybridized carbons (Fsp3) is 0.556. The normalized spacial score (nSPS) is 12.1. The van der Waals surface area contributed by atoms with Crippen LogP contribution in [0.2, 0.25) is 0 Å². The Labute approximate surface area is 168 Å². The van der Waals surface area contributed by atoms with Crippen LogP contribution in [0.1, 0.15) is 43.1 Å². The van der Waals surface area contributed by atoms with Gasteiger partial charge < -0.3 is 20.7 Å². The van der Waals surface area contributed by atoms with E-state index in [1.807, 2.05) is 38.1 Å². The van der Waals surface area contributed by atoms with Crippen LogP contribution in [0, 0.1) is 0 Å². The van der Waals surface area contributed by atoms with Crippen LogP contribution in [0.15, 0.2) is 29.3 Å². The minimum absolute atomic E-state index is 0. The van der Waals surface area contributed by atoms with Gasteiger partial charge in [-0.15, -0.1) is 24.0 Å². The van der Waals surface area contributed by atoms with Gasteiger partial charge in [-0.25, -0.2) is 4.99 Å². The molecule has 0 heterocycles. The molecule has 1 aromatic carbocycles. The van der Waals surface area contributed by atoms with Gasteiger partial charge in [-0.1, -0.05) is 19.1 Å². The number of ether oxygens (including phenoxy) is 1. The van der Waals surface area contributed by atoms with Gasteiger partial charge in [0.25, 0.3) is 5.91 Å². The summed E-state index contributed by atoms with van der Waals surface area (Å²) in [6.45, 7) is 8.76. The fourth-order valence-corrected chi connectivity index (χ4v) is 1.95. The van der Waals surface area contributed by atoms with Gasteiger partial charge in [0, 0.05) is 31.8 Å². The maximum absolute atomic E-state index is 12.1. The molecule has 3 N–H and O–H groups in total. The van der Waals surface area contributed by atoms with Crippen molar-refractivity contribution in [2.45, 2.75) is 39.8 Å². The first-order valence-corrected chi connectivity index (χ1v) is 8.51. The zero-order chi connectivity index (χ0) is 17.8. The number of amides is 1. The molecule has 7 heteroatoms. The molecule has 0 spiro atoms. The van der Waals surface area contributed by atoms with E-state index in [0.29, 0.717) is 25.3 Å². The van der Waals surface area contributed by atoms with E-state index in [4.69, 9.17) is 4.74 Å². The standard InChI is InChI=1S/C18H30N4O2.HI/c1-5-14(3)22-17(23)16-9-7-15(8-10-16)13-21-18(19-6-2)20-11-12-24-4;/h7-10,14H,5-6,11-13H2,1-4H3,(H,22,23)(H2,19,20,21);1H. The van der Waals surface area contributed by atoms with Crippen molar-refractivity contribution in [1.82, 2.24) is 16.0 Å². The van der Waals surface area contributed by atoms with E-state index in [0.717, 1.165) is 24.5 Å². The molecule has 6 nitrogen and oxygen atoms in total. The summed E-state index contributed by atoms with van der Waals surface area (Å²) in [5, 5.41) is 9.35. The van der Waals surface area contributed by atoms with Crippen LogP contribution in [0.4, 0.5) is 0 Å². The van der Waals surface area contributed by atoms with Crippen molar-refractivity contribution < 1.29 is 9.53 Å². The molecule has 0 radical (unpaired) electrons. The summed E-state index contributed by atoms with van der Waals surface area (Å²) in [4.78, 5) is 16.6. The Morgan fingerprint density at radius 3 is 2.44 bits per heavy atom. The van der Waals surface area contributed by atoms with Crippen molar-refractivity contribution in [2.75, 3.05) is 26.8 Å². The minimum atomic E-state index is -0.0334. The van der Waals surface area contributed by atoms with Crippen LogP contribution in [0.3, 0.4) is 0 Å². The Balaban J connectivity index is 0.00000576. The van der Waals surface area contributed by atoms with E-state index in [-0.39, 0.29) is 35.9 Å². The van der Waals surface area contributed by atoms with E-state index in [2.05, 4.69) is 27.9 Å². The highest BCUT2D eigenvalue weighted by Crippen LogP contribution is 2.06. The monoisotopic (exact) mass is 462 g/mol. The molecule has 1 aromatic rings. The molecule has 1 atom stereocenters. The van der Waals surface area contributed by atoms with Crippen LogP contribution >= 0.6 is 24.0 Å². The lowest BCUT2D eigenvalue weighted by molar-refractivity contribution is 0.0939. The summed E-state index contributed by atoms with van der Waals surface area (Å²) in [6, 6.07) is 7.74. The van der Waals surface area contributed by atoms with E-state index >= 15 is 0 Å². The SMILES string of the molecule is CCNC(=NCc1ccc(C(=O)NC(C)CC)cc1)NCCOC.I. The molecule has 1 rings (SSSR count). The summed E-state index contributed by atoms with van der Waals surface area (Å²) >= 11 is 0. The van der Waals surface area contributed by atoms with Gasteiger partial charge in [-0.05, 0) is 38.0 Å². The summed E-state index contributed by atoms with van der Waals surface area (Å²) < 4.78 is 5.02. The first-order chi connectivity index (χ1) is 11.6. The van der Waals surface area contributed by atoms with Crippen LogP contribution < -0.4 is 16.0 Å². The second kappa shape index (κ2) is 13.9. The predicted molar refractivity (Wildman–Crippen MR) is 114 cm³/mol. The number of hydrogen-bond acceptors (Lipinski definition) is 3. The molecular weight excluding hydrogens is 431 g/mol. The second-order valence-corrected chi connectivity index (χ2v) is 5.59. The maximum atomic E-state index is 12.1. The molecule has 25 heavy (non-hydrogen) atoms. The molecule has 1 amide bonds. The first-order valence-electron chi connectivity index (χ1n) is 8.51. The number of hydrogen-bond donors (Lipinski definition) is 3. The highest BCUT2D eigenvalue weighted by atomic mass is 127. The van der Waals surface area contributed by atoms with Crippen molar-refractivity contribution >= 4 is 35.8 Å². The minimum Gasteiger partial charge on any atom is -0.383 e. The van der Waals surface area contributed by atoms with Gasteiger partial charge in [-0.2, -0.15) is 0 Å². The second-order valence-electron chi connectivity index (χ2n) is 5.59. The van der Waals surface area contributed by atoms with Gasteiger partial charge in [0.1, 0.15) is 0 Å². The Bertz CT molecular complexity index is 520. The molecule has 1 unspecified atom stereocenters. The molecule has 0 aromatic heterocycles. The molecule has 0 saturated heterocycles. The van der Waals surface area contributed by atoms with Crippen molar-refractivity contribution in [3.8, 4) is 0 Å². The predicted octanol–water partition coefficient (Wildman–Crippen LogP) is 2.53. The van der Waals surface area contributed by atoms with Crippen molar-refractivity contribution in [2.24, 2.45) is 4.99 Å². The maximum Gasteiger partial charge on any atom is 0.251 e. The largest absolute Gasteiger partial charge is 0.383 e. The topological polar surface area (TPSA) is 74.8 Å². The summed E-state index contributed by atoms with van der Waals surface area (Å²) in [7, 11) is 1.67. The molecule has 0 aliphatic rings. The third-order valence-corrected chi connectivity index (χ3v) is 3.57. The number of nitrogens with zero attached hydrogens (tertiary/aromatic N) is 1. The van der Waals surface area contributed by atoms with E-state index in [9.17, 15) is 4.79 Å². The number of carbonyl (C=O) groups excluding carboxylic acids is 1. The van der Waals surface area contributed by atoms with Gasteiger partial charge in [0.05, 0.1) is 13.2 Å². The number of methoxy groups -OCH3 is 1. The lowest BCUT2D eigenvalue weighted by Crippen LogP contribution is -2.38. The van der Waals surface area contributed by atoms with Gasteiger partial charge >= 0.3 is 0 Å². The lowest BCUT2D eigenvalue weighted by Gasteiger charge is -2.12. The smallest absolute Gasteiger partial charge is 0.251 e. The van der Waals surface area contributed by atoms with Gasteiger partial charge in [0.2, 0.25) is 0 Å². The van der Waals surface area contributed by atoms with Gasteiger partial charge in [-0.3, -0.25) is 4.79 Å². The van der Waals surface area contributed by atoms with Crippen LogP contribution in [0.5, 0.6) is 0 Å². The summed E-state index contributed by atoms with van der Waals surface area (Å²) in [6.07, 6.45) is 0.918. The molecule has 0 aliphatic carbocycles. The molecule has 0 saturated carbocycles. The number of rotatable bonds is 9. The van der Waals surface area contributed by atoms with Crippen LogP contribution in [-0.4, -0.2) is 44.7 Å². The fourth-order valence-electron chi connectivity index (χ4n) is 1.95. The molecule has 0 bridgehead atoms. The quantitative estimate of drug-likeness (QED) is 0.228. The number of halogens is 1. The van der Waals surface area contributed by atoms with E-state index < -0.39 is 0 Å². The Hall–Kier alpha value is -1.35. The molecule has 0 fully saturated rings. The van der Waals surface area contributed by atoms with Gasteiger partial charge in [0.15, 0.2) is 5.96 Å². The zero-order valence-corrected chi connectivity index (χ0v) is 17.9. The van der Waals surface area contributed by atoms with Crippen LogP contribution in [0.25, 0.3) is 0 Å². The Morgan fingerprint density at radius 1 is 1.20 bits per heavy atom. The number of guanidine groups is 1. The number of nitrogens with one attached hydrogen (secondary N) is 3.